The van der Waals surface area contributed by atoms with E-state index in [2.05, 4.69) is 20.7 Å². The Bertz CT molecular complexity index is 780. The topological polar surface area (TPSA) is 69.7 Å². The van der Waals surface area contributed by atoms with Crippen molar-refractivity contribution >= 4 is 43.1 Å². The van der Waals surface area contributed by atoms with E-state index in [1.54, 1.807) is 18.2 Å². The van der Waals surface area contributed by atoms with Crippen LogP contribution in [-0.4, -0.2) is 28.6 Å². The van der Waals surface area contributed by atoms with E-state index in [4.69, 9.17) is 4.74 Å². The van der Waals surface area contributed by atoms with Gasteiger partial charge in [0, 0.05) is 0 Å². The van der Waals surface area contributed by atoms with Gasteiger partial charge >= 0.3 is 5.97 Å². The molecular formula is C13H11BrO5S2. The quantitative estimate of drug-likeness (QED) is 0.749. The Hall–Kier alpha value is -1.38. The SMILES string of the molecule is COC(=O)c1cc(S(=O)(=O)c2ccccc2OC)c(Br)s1. The van der Waals surface area contributed by atoms with E-state index in [1.807, 2.05) is 0 Å². The molecule has 0 amide bonds. The maximum absolute atomic E-state index is 12.7. The van der Waals surface area contributed by atoms with Gasteiger partial charge in [-0.1, -0.05) is 12.1 Å². The van der Waals surface area contributed by atoms with E-state index in [9.17, 15) is 13.2 Å². The van der Waals surface area contributed by atoms with Gasteiger partial charge in [-0.05, 0) is 34.1 Å². The van der Waals surface area contributed by atoms with Crippen LogP contribution < -0.4 is 4.74 Å². The summed E-state index contributed by atoms with van der Waals surface area (Å²) in [6.45, 7) is 0. The van der Waals surface area contributed by atoms with Crippen molar-refractivity contribution in [3.63, 3.8) is 0 Å². The van der Waals surface area contributed by atoms with Gasteiger partial charge in [-0.2, -0.15) is 0 Å². The average molecular weight is 391 g/mol. The zero-order valence-electron chi connectivity index (χ0n) is 11.1. The van der Waals surface area contributed by atoms with E-state index in [-0.39, 0.29) is 20.4 Å². The fourth-order valence-corrected chi connectivity index (χ4v) is 5.59. The third kappa shape index (κ3) is 2.97. The Morgan fingerprint density at radius 3 is 2.48 bits per heavy atom. The van der Waals surface area contributed by atoms with Gasteiger partial charge in [0.2, 0.25) is 9.84 Å². The van der Waals surface area contributed by atoms with Crippen molar-refractivity contribution < 1.29 is 22.7 Å². The Balaban J connectivity index is 2.59. The second kappa shape index (κ2) is 6.17. The van der Waals surface area contributed by atoms with Crippen molar-refractivity contribution in [2.75, 3.05) is 14.2 Å². The fourth-order valence-electron chi connectivity index (χ4n) is 1.70. The van der Waals surface area contributed by atoms with E-state index < -0.39 is 15.8 Å². The molecule has 0 aliphatic carbocycles. The summed E-state index contributed by atoms with van der Waals surface area (Å²) in [6.07, 6.45) is 0. The summed E-state index contributed by atoms with van der Waals surface area (Å²) in [5.74, 6) is -0.336. The van der Waals surface area contributed by atoms with Crippen LogP contribution in [0.3, 0.4) is 0 Å². The van der Waals surface area contributed by atoms with Crippen molar-refractivity contribution in [2.24, 2.45) is 0 Å². The number of carbonyl (C=O) groups is 1. The molecule has 0 spiro atoms. The highest BCUT2D eigenvalue weighted by Gasteiger charge is 2.27. The first-order chi connectivity index (χ1) is 9.91. The summed E-state index contributed by atoms with van der Waals surface area (Å²) < 4.78 is 35.4. The number of hydrogen-bond acceptors (Lipinski definition) is 6. The normalized spacial score (nSPS) is 11.2. The summed E-state index contributed by atoms with van der Waals surface area (Å²) >= 11 is 4.19. The molecule has 2 aromatic rings. The van der Waals surface area contributed by atoms with Crippen LogP contribution in [0.15, 0.2) is 43.9 Å². The Labute approximate surface area is 134 Å². The van der Waals surface area contributed by atoms with Crippen molar-refractivity contribution in [1.29, 1.82) is 0 Å². The minimum Gasteiger partial charge on any atom is -0.495 e. The number of thiophene rings is 1. The molecule has 1 heterocycles. The first-order valence-electron chi connectivity index (χ1n) is 5.67. The second-order valence-corrected chi connectivity index (χ2v) is 8.15. The molecule has 0 radical (unpaired) electrons. The first kappa shape index (κ1) is 16.0. The molecule has 2 rings (SSSR count). The van der Waals surface area contributed by atoms with Crippen molar-refractivity contribution in [1.82, 2.24) is 0 Å². The Morgan fingerprint density at radius 2 is 1.86 bits per heavy atom. The average Bonchev–Trinajstić information content (AvgIpc) is 2.89. The number of halogens is 1. The van der Waals surface area contributed by atoms with Gasteiger partial charge in [0.05, 0.1) is 22.9 Å². The summed E-state index contributed by atoms with van der Waals surface area (Å²) in [4.78, 5) is 11.8. The molecule has 0 aliphatic rings. The summed E-state index contributed by atoms with van der Waals surface area (Å²) in [6, 6.07) is 7.60. The molecule has 0 N–H and O–H groups in total. The molecule has 0 saturated heterocycles. The maximum atomic E-state index is 12.7. The molecule has 0 bridgehead atoms. The molecule has 0 unspecified atom stereocenters. The largest absolute Gasteiger partial charge is 0.495 e. The molecule has 21 heavy (non-hydrogen) atoms. The number of sulfone groups is 1. The minimum atomic E-state index is -3.80. The number of benzene rings is 1. The highest BCUT2D eigenvalue weighted by atomic mass is 79.9. The number of methoxy groups -OCH3 is 2. The predicted molar refractivity (Wildman–Crippen MR) is 81.8 cm³/mol. The van der Waals surface area contributed by atoms with E-state index in [0.29, 0.717) is 3.79 Å². The van der Waals surface area contributed by atoms with Gasteiger partial charge in [-0.15, -0.1) is 11.3 Å². The number of rotatable bonds is 4. The zero-order chi connectivity index (χ0) is 15.6. The van der Waals surface area contributed by atoms with Gasteiger partial charge in [-0.3, -0.25) is 0 Å². The molecule has 0 atom stereocenters. The van der Waals surface area contributed by atoms with Crippen LogP contribution in [0.5, 0.6) is 5.75 Å². The van der Waals surface area contributed by atoms with Crippen molar-refractivity contribution in [2.45, 2.75) is 9.79 Å². The third-order valence-electron chi connectivity index (χ3n) is 2.69. The number of hydrogen-bond donors (Lipinski definition) is 0. The van der Waals surface area contributed by atoms with Gasteiger partial charge < -0.3 is 9.47 Å². The first-order valence-corrected chi connectivity index (χ1v) is 8.77. The minimum absolute atomic E-state index is 0.0115. The second-order valence-electron chi connectivity index (χ2n) is 3.89. The lowest BCUT2D eigenvalue weighted by molar-refractivity contribution is 0.0606. The predicted octanol–water partition coefficient (Wildman–Crippen LogP) is 3.14. The molecule has 0 fully saturated rings. The van der Waals surface area contributed by atoms with Crippen LogP contribution in [0.4, 0.5) is 0 Å². The third-order valence-corrected chi connectivity index (χ3v) is 6.72. The van der Waals surface area contributed by atoms with E-state index >= 15 is 0 Å². The van der Waals surface area contributed by atoms with Crippen LogP contribution in [0.2, 0.25) is 0 Å². The highest BCUT2D eigenvalue weighted by molar-refractivity contribution is 9.11. The molecule has 8 heteroatoms. The zero-order valence-corrected chi connectivity index (χ0v) is 14.3. The van der Waals surface area contributed by atoms with Crippen LogP contribution in [-0.2, 0) is 14.6 Å². The van der Waals surface area contributed by atoms with Crippen molar-refractivity contribution in [3.8, 4) is 5.75 Å². The lowest BCUT2D eigenvalue weighted by Crippen LogP contribution is -2.04. The summed E-state index contributed by atoms with van der Waals surface area (Å²) in [5, 5.41) is 0. The standard InChI is InChI=1S/C13H11BrO5S2/c1-18-8-5-3-4-6-10(8)21(16,17)11-7-9(13(15)19-2)20-12(11)14/h3-7H,1-2H3. The van der Waals surface area contributed by atoms with E-state index in [0.717, 1.165) is 11.3 Å². The smallest absolute Gasteiger partial charge is 0.348 e. The van der Waals surface area contributed by atoms with Gasteiger partial charge in [-0.25, -0.2) is 13.2 Å². The maximum Gasteiger partial charge on any atom is 0.348 e. The Morgan fingerprint density at radius 1 is 1.19 bits per heavy atom. The molecule has 1 aromatic heterocycles. The number of ether oxygens (including phenoxy) is 2. The molecule has 0 saturated carbocycles. The summed E-state index contributed by atoms with van der Waals surface area (Å²) in [7, 11) is -1.16. The summed E-state index contributed by atoms with van der Waals surface area (Å²) in [5.41, 5.74) is 0. The molecular weight excluding hydrogens is 380 g/mol. The van der Waals surface area contributed by atoms with Crippen LogP contribution in [0, 0.1) is 0 Å². The number of para-hydroxylation sites is 1. The fraction of sp³-hybridized carbons (Fsp3) is 0.154. The van der Waals surface area contributed by atoms with Gasteiger partial charge in [0.1, 0.15) is 15.5 Å². The number of esters is 1. The Kier molecular flexibility index (Phi) is 4.70. The van der Waals surface area contributed by atoms with Crippen LogP contribution in [0.25, 0.3) is 0 Å². The van der Waals surface area contributed by atoms with Gasteiger partial charge in [0.15, 0.2) is 0 Å². The molecule has 1 aromatic carbocycles. The molecule has 0 aliphatic heterocycles. The highest BCUT2D eigenvalue weighted by Crippen LogP contribution is 2.37. The monoisotopic (exact) mass is 390 g/mol. The number of carbonyl (C=O) groups excluding carboxylic acids is 1. The lowest BCUT2D eigenvalue weighted by Gasteiger charge is -2.08. The lowest BCUT2D eigenvalue weighted by atomic mass is 10.3. The molecule has 5 nitrogen and oxygen atoms in total. The van der Waals surface area contributed by atoms with Gasteiger partial charge in [0.25, 0.3) is 0 Å². The van der Waals surface area contributed by atoms with E-state index in [1.165, 1.54) is 26.4 Å². The van der Waals surface area contributed by atoms with Crippen LogP contribution in [0.1, 0.15) is 9.67 Å². The van der Waals surface area contributed by atoms with Crippen LogP contribution >= 0.6 is 27.3 Å². The van der Waals surface area contributed by atoms with Crippen molar-refractivity contribution in [3.05, 3.63) is 39.0 Å². The molecule has 112 valence electrons.